The van der Waals surface area contributed by atoms with E-state index in [-0.39, 0.29) is 0 Å². The van der Waals surface area contributed by atoms with Gasteiger partial charge in [0.15, 0.2) is 0 Å². The summed E-state index contributed by atoms with van der Waals surface area (Å²) in [5.41, 5.74) is 0. The minimum absolute atomic E-state index is 0.759. The molecule has 1 heteroatoms. The van der Waals surface area contributed by atoms with Gasteiger partial charge in [0.25, 0.3) is 0 Å². The monoisotopic (exact) mass is 138 g/mol. The fourth-order valence-corrected chi connectivity index (χ4v) is 0.941. The molecular formula is C9H14O. The largest absolute Gasteiger partial charge is 0.494 e. The Morgan fingerprint density at radius 2 is 2.50 bits per heavy atom. The van der Waals surface area contributed by atoms with Crippen LogP contribution in [0.5, 0.6) is 0 Å². The van der Waals surface area contributed by atoms with Crippen molar-refractivity contribution in [2.24, 2.45) is 0 Å². The highest BCUT2D eigenvalue weighted by molar-refractivity contribution is 5.11. The van der Waals surface area contributed by atoms with E-state index in [1.807, 2.05) is 6.08 Å². The molecule has 1 aliphatic rings. The van der Waals surface area contributed by atoms with E-state index >= 15 is 0 Å². The predicted octanol–water partition coefficient (Wildman–Crippen LogP) is 2.65. The first-order valence-corrected chi connectivity index (χ1v) is 3.92. The highest BCUT2D eigenvalue weighted by atomic mass is 16.5. The third-order valence-electron chi connectivity index (χ3n) is 1.56. The average Bonchev–Trinajstić information content (AvgIpc) is 2.03. The lowest BCUT2D eigenvalue weighted by molar-refractivity contribution is 0.230. The van der Waals surface area contributed by atoms with E-state index in [1.54, 1.807) is 0 Å². The zero-order chi connectivity index (χ0) is 7.23. The first kappa shape index (κ1) is 7.39. The normalized spacial score (nSPS) is 16.3. The van der Waals surface area contributed by atoms with Gasteiger partial charge in [0.2, 0.25) is 0 Å². The Morgan fingerprint density at radius 1 is 1.60 bits per heavy atom. The van der Waals surface area contributed by atoms with Crippen molar-refractivity contribution in [1.29, 1.82) is 0 Å². The Balaban J connectivity index is 2.25. The van der Waals surface area contributed by atoms with Gasteiger partial charge in [0, 0.05) is 6.42 Å². The van der Waals surface area contributed by atoms with Crippen LogP contribution in [0.1, 0.15) is 26.2 Å². The number of rotatable bonds is 3. The van der Waals surface area contributed by atoms with Gasteiger partial charge >= 0.3 is 0 Å². The molecule has 0 atom stereocenters. The lowest BCUT2D eigenvalue weighted by Gasteiger charge is -2.09. The molecule has 0 N–H and O–H groups in total. The second-order valence-electron chi connectivity index (χ2n) is 2.48. The topological polar surface area (TPSA) is 9.23 Å². The molecule has 1 rings (SSSR count). The zero-order valence-corrected chi connectivity index (χ0v) is 6.47. The van der Waals surface area contributed by atoms with E-state index in [1.165, 1.54) is 12.8 Å². The van der Waals surface area contributed by atoms with E-state index in [0.29, 0.717) is 0 Å². The molecule has 0 spiro atoms. The predicted molar refractivity (Wildman–Crippen MR) is 42.7 cm³/mol. The van der Waals surface area contributed by atoms with Crippen LogP contribution in [0.3, 0.4) is 0 Å². The highest BCUT2D eigenvalue weighted by Gasteiger charge is 1.97. The Hall–Kier alpha value is -0.720. The summed E-state index contributed by atoms with van der Waals surface area (Å²) in [6.07, 6.45) is 9.72. The summed E-state index contributed by atoms with van der Waals surface area (Å²) in [4.78, 5) is 0. The Bertz CT molecular complexity index is 145. The van der Waals surface area contributed by atoms with Gasteiger partial charge in [-0.15, -0.1) is 0 Å². The fraction of sp³-hybridized carbons (Fsp3) is 0.556. The quantitative estimate of drug-likeness (QED) is 0.582. The van der Waals surface area contributed by atoms with Crippen molar-refractivity contribution in [3.05, 3.63) is 24.0 Å². The van der Waals surface area contributed by atoms with Gasteiger partial charge in [-0.05, 0) is 18.6 Å². The Labute approximate surface area is 62.4 Å². The summed E-state index contributed by atoms with van der Waals surface area (Å²) in [5.74, 6) is 1.14. The molecule has 0 aromatic carbocycles. The molecule has 0 amide bonds. The highest BCUT2D eigenvalue weighted by Crippen LogP contribution is 2.11. The van der Waals surface area contributed by atoms with Crippen molar-refractivity contribution in [2.45, 2.75) is 26.2 Å². The van der Waals surface area contributed by atoms with Crippen LogP contribution in [0.25, 0.3) is 0 Å². The summed E-state index contributed by atoms with van der Waals surface area (Å²) in [6, 6.07) is 0. The number of hydrogen-bond donors (Lipinski definition) is 0. The van der Waals surface area contributed by atoms with E-state index in [0.717, 1.165) is 18.8 Å². The van der Waals surface area contributed by atoms with E-state index in [4.69, 9.17) is 4.74 Å². The second-order valence-corrected chi connectivity index (χ2v) is 2.48. The molecule has 0 aliphatic carbocycles. The maximum absolute atomic E-state index is 5.35. The van der Waals surface area contributed by atoms with Crippen molar-refractivity contribution < 1.29 is 4.74 Å². The number of ether oxygens (including phenoxy) is 1. The Kier molecular flexibility index (Phi) is 3.07. The first-order valence-electron chi connectivity index (χ1n) is 3.92. The molecular weight excluding hydrogens is 124 g/mol. The van der Waals surface area contributed by atoms with E-state index in [9.17, 15) is 0 Å². The van der Waals surface area contributed by atoms with Crippen LogP contribution in [-0.4, -0.2) is 6.61 Å². The summed E-state index contributed by atoms with van der Waals surface area (Å²) in [6.45, 7) is 2.95. The SMILES string of the molecule is CCCCC1=CC=CCO1. The summed E-state index contributed by atoms with van der Waals surface area (Å²) >= 11 is 0. The minimum Gasteiger partial charge on any atom is -0.494 e. The lowest BCUT2D eigenvalue weighted by Crippen LogP contribution is -1.95. The van der Waals surface area contributed by atoms with Crippen LogP contribution in [0, 0.1) is 0 Å². The van der Waals surface area contributed by atoms with Crippen molar-refractivity contribution in [1.82, 2.24) is 0 Å². The maximum Gasteiger partial charge on any atom is 0.106 e. The van der Waals surface area contributed by atoms with Gasteiger partial charge in [-0.25, -0.2) is 0 Å². The van der Waals surface area contributed by atoms with Gasteiger partial charge < -0.3 is 4.74 Å². The smallest absolute Gasteiger partial charge is 0.106 e. The third kappa shape index (κ3) is 2.26. The Morgan fingerprint density at radius 3 is 3.10 bits per heavy atom. The molecule has 0 radical (unpaired) electrons. The molecule has 1 aliphatic heterocycles. The van der Waals surface area contributed by atoms with Crippen molar-refractivity contribution >= 4 is 0 Å². The van der Waals surface area contributed by atoms with Crippen LogP contribution in [0.15, 0.2) is 24.0 Å². The summed E-state index contributed by atoms with van der Waals surface area (Å²) in [7, 11) is 0. The van der Waals surface area contributed by atoms with Crippen LogP contribution >= 0.6 is 0 Å². The van der Waals surface area contributed by atoms with Gasteiger partial charge in [-0.1, -0.05) is 19.4 Å². The lowest BCUT2D eigenvalue weighted by atomic mass is 10.2. The molecule has 0 aromatic heterocycles. The van der Waals surface area contributed by atoms with E-state index in [2.05, 4.69) is 19.1 Å². The van der Waals surface area contributed by atoms with Crippen molar-refractivity contribution in [3.63, 3.8) is 0 Å². The minimum atomic E-state index is 0.759. The number of unbranched alkanes of at least 4 members (excludes halogenated alkanes) is 1. The molecule has 0 aromatic rings. The molecule has 0 fully saturated rings. The molecule has 0 saturated carbocycles. The fourth-order valence-electron chi connectivity index (χ4n) is 0.941. The molecule has 0 unspecified atom stereocenters. The molecule has 56 valence electrons. The molecule has 0 saturated heterocycles. The molecule has 1 nitrogen and oxygen atoms in total. The van der Waals surface area contributed by atoms with Crippen LogP contribution in [-0.2, 0) is 4.74 Å². The molecule has 0 bridgehead atoms. The van der Waals surface area contributed by atoms with Gasteiger partial charge in [-0.2, -0.15) is 0 Å². The molecule has 10 heavy (non-hydrogen) atoms. The summed E-state index contributed by atoms with van der Waals surface area (Å²) < 4.78 is 5.35. The average molecular weight is 138 g/mol. The van der Waals surface area contributed by atoms with Gasteiger partial charge in [0.1, 0.15) is 6.61 Å². The van der Waals surface area contributed by atoms with Crippen LogP contribution in [0.4, 0.5) is 0 Å². The van der Waals surface area contributed by atoms with Crippen molar-refractivity contribution in [3.8, 4) is 0 Å². The van der Waals surface area contributed by atoms with Gasteiger partial charge in [0.05, 0.1) is 5.76 Å². The number of hydrogen-bond acceptors (Lipinski definition) is 1. The second kappa shape index (κ2) is 4.15. The standard InChI is InChI=1S/C9H14O/c1-2-3-6-9-7-4-5-8-10-9/h4-5,7H,2-3,6,8H2,1H3. The maximum atomic E-state index is 5.35. The molecule has 1 heterocycles. The van der Waals surface area contributed by atoms with Crippen LogP contribution < -0.4 is 0 Å². The van der Waals surface area contributed by atoms with Crippen molar-refractivity contribution in [2.75, 3.05) is 6.61 Å². The third-order valence-corrected chi connectivity index (χ3v) is 1.56. The van der Waals surface area contributed by atoms with Gasteiger partial charge in [-0.3, -0.25) is 0 Å². The van der Waals surface area contributed by atoms with Crippen LogP contribution in [0.2, 0.25) is 0 Å². The van der Waals surface area contributed by atoms with E-state index < -0.39 is 0 Å². The summed E-state index contributed by atoms with van der Waals surface area (Å²) in [5, 5.41) is 0. The first-order chi connectivity index (χ1) is 4.93. The zero-order valence-electron chi connectivity index (χ0n) is 6.47. The number of allylic oxidation sites excluding steroid dienone is 3.